The third kappa shape index (κ3) is 5.82. The molecule has 0 bridgehead atoms. The van der Waals surface area contributed by atoms with E-state index in [1.165, 1.54) is 18.4 Å². The van der Waals surface area contributed by atoms with Gasteiger partial charge in [-0.15, -0.1) is 0 Å². The summed E-state index contributed by atoms with van der Waals surface area (Å²) in [6, 6.07) is 14.5. The van der Waals surface area contributed by atoms with E-state index in [1.807, 2.05) is 24.3 Å². The number of benzene rings is 2. The van der Waals surface area contributed by atoms with E-state index in [4.69, 9.17) is 4.74 Å². The Labute approximate surface area is 179 Å². The molecular weight excluding hydrogens is 379 g/mol. The number of methoxy groups -OCH3 is 1. The number of ether oxygens (including phenoxy) is 1. The molecule has 30 heavy (non-hydrogen) atoms. The summed E-state index contributed by atoms with van der Waals surface area (Å²) in [5.74, 6) is 1.68. The molecule has 2 aromatic rings. The van der Waals surface area contributed by atoms with Crippen LogP contribution in [0.3, 0.4) is 0 Å². The number of halogens is 1. The number of carbonyl (C=O) groups excluding carboxylic acids is 1. The Morgan fingerprint density at radius 1 is 1.13 bits per heavy atom. The molecule has 0 saturated heterocycles. The third-order valence-electron chi connectivity index (χ3n) is 6.28. The molecule has 0 aliphatic heterocycles. The maximum atomic E-state index is 13.3. The summed E-state index contributed by atoms with van der Waals surface area (Å²) in [6.07, 6.45) is 5.67. The highest BCUT2D eigenvalue weighted by atomic mass is 19.1. The van der Waals surface area contributed by atoms with Crippen LogP contribution < -0.4 is 10.1 Å². The van der Waals surface area contributed by atoms with Gasteiger partial charge in [0.15, 0.2) is 0 Å². The van der Waals surface area contributed by atoms with Crippen molar-refractivity contribution in [3.05, 3.63) is 65.5 Å². The fourth-order valence-corrected chi connectivity index (χ4v) is 4.70. The van der Waals surface area contributed by atoms with Crippen LogP contribution >= 0.6 is 0 Å². The second-order valence-electron chi connectivity index (χ2n) is 8.52. The number of rotatable bonds is 8. The first kappa shape index (κ1) is 22.3. The number of nitrogens with one attached hydrogen (secondary N) is 1. The molecule has 1 fully saturated rings. The lowest BCUT2D eigenvalue weighted by molar-refractivity contribution is 0.0947. The van der Waals surface area contributed by atoms with Gasteiger partial charge in [0.25, 0.3) is 5.91 Å². The average Bonchev–Trinajstić information content (AvgIpc) is 2.76. The molecule has 4 nitrogen and oxygen atoms in total. The number of amides is 1. The van der Waals surface area contributed by atoms with E-state index in [0.29, 0.717) is 35.7 Å². The van der Waals surface area contributed by atoms with Gasteiger partial charge in [-0.3, -0.25) is 4.79 Å². The number of hydrogen-bond acceptors (Lipinski definition) is 3. The highest BCUT2D eigenvalue weighted by Crippen LogP contribution is 2.40. The van der Waals surface area contributed by atoms with Crippen molar-refractivity contribution in [3.63, 3.8) is 0 Å². The molecule has 0 spiro atoms. The zero-order valence-electron chi connectivity index (χ0n) is 18.2. The van der Waals surface area contributed by atoms with Crippen molar-refractivity contribution in [2.75, 3.05) is 27.7 Å². The van der Waals surface area contributed by atoms with Crippen molar-refractivity contribution in [2.45, 2.75) is 38.1 Å². The third-order valence-corrected chi connectivity index (χ3v) is 6.28. The Hall–Kier alpha value is -2.40. The zero-order chi connectivity index (χ0) is 21.5. The Kier molecular flexibility index (Phi) is 7.86. The summed E-state index contributed by atoms with van der Waals surface area (Å²) in [6.45, 7) is 0.695. The molecule has 162 valence electrons. The smallest absolute Gasteiger partial charge is 0.251 e. The minimum absolute atomic E-state index is 0.0495. The molecule has 0 aromatic heterocycles. The van der Waals surface area contributed by atoms with Crippen LogP contribution in [0, 0.1) is 17.7 Å². The lowest BCUT2D eigenvalue weighted by atomic mass is 9.75. The minimum atomic E-state index is -0.184. The van der Waals surface area contributed by atoms with Gasteiger partial charge in [0.1, 0.15) is 11.6 Å². The summed E-state index contributed by atoms with van der Waals surface area (Å²) in [5, 5.41) is 3.04. The predicted molar refractivity (Wildman–Crippen MR) is 118 cm³/mol. The first-order valence-corrected chi connectivity index (χ1v) is 10.8. The molecule has 1 unspecified atom stereocenters. The van der Waals surface area contributed by atoms with E-state index in [1.54, 1.807) is 31.4 Å². The van der Waals surface area contributed by atoms with Crippen LogP contribution in [0.15, 0.2) is 48.5 Å². The van der Waals surface area contributed by atoms with Crippen LogP contribution in [-0.4, -0.2) is 38.6 Å². The second kappa shape index (κ2) is 10.6. The number of hydrogen-bond donors (Lipinski definition) is 1. The van der Waals surface area contributed by atoms with Crippen LogP contribution in [0.2, 0.25) is 0 Å². The van der Waals surface area contributed by atoms with Crippen LogP contribution in [0.1, 0.15) is 54.1 Å². The van der Waals surface area contributed by atoms with Gasteiger partial charge >= 0.3 is 0 Å². The Bertz CT molecular complexity index is 814. The average molecular weight is 413 g/mol. The van der Waals surface area contributed by atoms with E-state index in [9.17, 15) is 9.18 Å². The van der Waals surface area contributed by atoms with Crippen LogP contribution in [0.25, 0.3) is 0 Å². The molecule has 1 amide bonds. The fraction of sp³-hybridized carbons (Fsp3) is 0.480. The molecular formula is C25H33FN2O2. The number of carbonyl (C=O) groups is 1. The monoisotopic (exact) mass is 412 g/mol. The molecule has 0 heterocycles. The highest BCUT2D eigenvalue weighted by molar-refractivity contribution is 5.94. The van der Waals surface area contributed by atoms with Crippen molar-refractivity contribution in [3.8, 4) is 5.75 Å². The van der Waals surface area contributed by atoms with Gasteiger partial charge in [-0.1, -0.05) is 31.0 Å². The molecule has 1 aliphatic rings. The maximum absolute atomic E-state index is 13.3. The number of nitrogens with zero attached hydrogens (tertiary/aromatic N) is 1. The highest BCUT2D eigenvalue weighted by Gasteiger charge is 2.29. The van der Waals surface area contributed by atoms with E-state index < -0.39 is 0 Å². The van der Waals surface area contributed by atoms with Gasteiger partial charge in [-0.2, -0.15) is 0 Å². The zero-order valence-corrected chi connectivity index (χ0v) is 18.2. The molecule has 3 rings (SSSR count). The topological polar surface area (TPSA) is 41.6 Å². The molecule has 5 heteroatoms. The molecule has 1 saturated carbocycles. The lowest BCUT2D eigenvalue weighted by Gasteiger charge is -2.37. The summed E-state index contributed by atoms with van der Waals surface area (Å²) in [7, 11) is 5.81. The largest absolute Gasteiger partial charge is 0.497 e. The van der Waals surface area contributed by atoms with Gasteiger partial charge in [-0.25, -0.2) is 4.39 Å². The first-order valence-electron chi connectivity index (χ1n) is 10.8. The normalized spacial score (nSPS) is 20.0. The van der Waals surface area contributed by atoms with Crippen LogP contribution in [0.5, 0.6) is 5.75 Å². The van der Waals surface area contributed by atoms with Crippen molar-refractivity contribution in [1.82, 2.24) is 10.2 Å². The van der Waals surface area contributed by atoms with Gasteiger partial charge in [0.05, 0.1) is 7.11 Å². The molecule has 2 aromatic carbocycles. The van der Waals surface area contributed by atoms with Crippen molar-refractivity contribution >= 4 is 5.91 Å². The predicted octanol–water partition coefficient (Wildman–Crippen LogP) is 5.06. The SMILES string of the molecule is COc1cccc(C(=O)NCCC2CCC(C(c3ccc(F)cc3)N(C)C)CC2)c1. The van der Waals surface area contributed by atoms with E-state index in [-0.39, 0.29) is 11.7 Å². The molecule has 1 atom stereocenters. The second-order valence-corrected chi connectivity index (χ2v) is 8.52. The van der Waals surface area contributed by atoms with E-state index in [0.717, 1.165) is 19.3 Å². The Morgan fingerprint density at radius 2 is 1.83 bits per heavy atom. The molecule has 0 radical (unpaired) electrons. The van der Waals surface area contributed by atoms with Gasteiger partial charge in [0.2, 0.25) is 0 Å². The first-order chi connectivity index (χ1) is 14.5. The summed E-state index contributed by atoms with van der Waals surface area (Å²) >= 11 is 0. The van der Waals surface area contributed by atoms with Crippen molar-refractivity contribution < 1.29 is 13.9 Å². The van der Waals surface area contributed by atoms with Crippen molar-refractivity contribution in [2.24, 2.45) is 11.8 Å². The van der Waals surface area contributed by atoms with Crippen LogP contribution in [-0.2, 0) is 0 Å². The van der Waals surface area contributed by atoms with Gasteiger partial charge < -0.3 is 15.0 Å². The van der Waals surface area contributed by atoms with Crippen molar-refractivity contribution in [1.29, 1.82) is 0 Å². The fourth-order valence-electron chi connectivity index (χ4n) is 4.70. The lowest BCUT2D eigenvalue weighted by Crippen LogP contribution is -2.31. The van der Waals surface area contributed by atoms with E-state index >= 15 is 0 Å². The molecule has 1 aliphatic carbocycles. The van der Waals surface area contributed by atoms with Gasteiger partial charge in [-0.05, 0) is 81.1 Å². The minimum Gasteiger partial charge on any atom is -0.497 e. The Balaban J connectivity index is 1.46. The van der Waals surface area contributed by atoms with E-state index in [2.05, 4.69) is 24.3 Å². The Morgan fingerprint density at radius 3 is 2.47 bits per heavy atom. The van der Waals surface area contributed by atoms with Gasteiger partial charge in [0, 0.05) is 18.2 Å². The summed E-state index contributed by atoms with van der Waals surface area (Å²) in [4.78, 5) is 14.6. The van der Waals surface area contributed by atoms with Crippen LogP contribution in [0.4, 0.5) is 4.39 Å². The summed E-state index contributed by atoms with van der Waals surface area (Å²) in [5.41, 5.74) is 1.82. The quantitative estimate of drug-likeness (QED) is 0.659. The standard InChI is InChI=1S/C25H33FN2O2/c1-28(2)24(20-11-13-22(26)14-12-20)19-9-7-18(8-10-19)15-16-27-25(29)21-5-4-6-23(17-21)30-3/h4-6,11-14,17-19,24H,7-10,15-16H2,1-3H3,(H,27,29). The summed E-state index contributed by atoms with van der Waals surface area (Å²) < 4.78 is 18.5. The maximum Gasteiger partial charge on any atom is 0.251 e. The molecule has 1 N–H and O–H groups in total.